The largest absolute Gasteiger partial charge is 0.451 e. The number of alkyl halides is 3. The minimum atomic E-state index is -4.74. The first-order chi connectivity index (χ1) is 12.5. The first-order valence-corrected chi connectivity index (χ1v) is 8.12. The SMILES string of the molecule is C[C@H](Nc1ccc(C(F)(F)F)cc1[N+](=O)[O-])C(=O)O[C@H](C)C(=O)NC1CC1. The summed E-state index contributed by atoms with van der Waals surface area (Å²) in [6, 6.07) is 0.875. The van der Waals surface area contributed by atoms with Crippen LogP contribution >= 0.6 is 0 Å². The van der Waals surface area contributed by atoms with Crippen LogP contribution in [0.4, 0.5) is 24.5 Å². The molecule has 0 spiro atoms. The van der Waals surface area contributed by atoms with Gasteiger partial charge in [0.05, 0.1) is 10.5 Å². The number of nitrogens with zero attached hydrogens (tertiary/aromatic N) is 1. The van der Waals surface area contributed by atoms with Gasteiger partial charge in [0.15, 0.2) is 6.10 Å². The summed E-state index contributed by atoms with van der Waals surface area (Å²) in [6.07, 6.45) is -4.08. The number of esters is 1. The van der Waals surface area contributed by atoms with Crippen LogP contribution in [0.3, 0.4) is 0 Å². The Bertz CT molecular complexity index is 749. The zero-order valence-electron chi connectivity index (χ0n) is 14.5. The van der Waals surface area contributed by atoms with E-state index in [0.717, 1.165) is 18.9 Å². The number of halogens is 3. The summed E-state index contributed by atoms with van der Waals surface area (Å²) in [5, 5.41) is 16.2. The Hall–Kier alpha value is -2.85. The Morgan fingerprint density at radius 3 is 2.44 bits per heavy atom. The second-order valence-corrected chi connectivity index (χ2v) is 6.21. The summed E-state index contributed by atoms with van der Waals surface area (Å²) < 4.78 is 43.1. The van der Waals surface area contributed by atoms with Gasteiger partial charge in [-0.25, -0.2) is 4.79 Å². The van der Waals surface area contributed by atoms with E-state index in [-0.39, 0.29) is 11.7 Å². The Balaban J connectivity index is 2.05. The lowest BCUT2D eigenvalue weighted by atomic mass is 10.1. The number of rotatable bonds is 7. The van der Waals surface area contributed by atoms with Gasteiger partial charge in [0.25, 0.3) is 11.6 Å². The van der Waals surface area contributed by atoms with Crippen LogP contribution < -0.4 is 10.6 Å². The molecular weight excluding hydrogens is 371 g/mol. The van der Waals surface area contributed by atoms with Crippen molar-refractivity contribution >= 4 is 23.3 Å². The monoisotopic (exact) mass is 389 g/mol. The lowest BCUT2D eigenvalue weighted by molar-refractivity contribution is -0.384. The zero-order chi connectivity index (χ0) is 20.4. The van der Waals surface area contributed by atoms with Gasteiger partial charge in [0, 0.05) is 12.1 Å². The summed E-state index contributed by atoms with van der Waals surface area (Å²) >= 11 is 0. The second-order valence-electron chi connectivity index (χ2n) is 6.21. The van der Waals surface area contributed by atoms with Crippen molar-refractivity contribution in [1.29, 1.82) is 0 Å². The normalized spacial score (nSPS) is 16.2. The highest BCUT2D eigenvalue weighted by Crippen LogP contribution is 2.35. The van der Waals surface area contributed by atoms with Crippen LogP contribution in [0.15, 0.2) is 18.2 Å². The molecule has 2 atom stereocenters. The summed E-state index contributed by atoms with van der Waals surface area (Å²) in [4.78, 5) is 33.9. The molecule has 0 aliphatic heterocycles. The predicted octanol–water partition coefficient (Wildman–Crippen LogP) is 2.62. The molecule has 11 heteroatoms. The van der Waals surface area contributed by atoms with Gasteiger partial charge in [0.2, 0.25) is 0 Å². The number of carbonyl (C=O) groups excluding carboxylic acids is 2. The minimum absolute atomic E-state index is 0.0870. The van der Waals surface area contributed by atoms with Crippen LogP contribution in [-0.2, 0) is 20.5 Å². The lowest BCUT2D eigenvalue weighted by Gasteiger charge is -2.18. The van der Waals surface area contributed by atoms with Crippen molar-refractivity contribution in [1.82, 2.24) is 5.32 Å². The van der Waals surface area contributed by atoms with E-state index in [4.69, 9.17) is 4.74 Å². The third-order valence-electron chi connectivity index (χ3n) is 3.83. The van der Waals surface area contributed by atoms with Gasteiger partial charge in [-0.2, -0.15) is 13.2 Å². The van der Waals surface area contributed by atoms with Crippen LogP contribution in [-0.4, -0.2) is 35.0 Å². The van der Waals surface area contributed by atoms with E-state index >= 15 is 0 Å². The highest BCUT2D eigenvalue weighted by Gasteiger charge is 2.34. The van der Waals surface area contributed by atoms with E-state index in [1.807, 2.05) is 0 Å². The van der Waals surface area contributed by atoms with Gasteiger partial charge in [-0.15, -0.1) is 0 Å². The summed E-state index contributed by atoms with van der Waals surface area (Å²) in [7, 11) is 0. The fourth-order valence-electron chi connectivity index (χ4n) is 2.15. The Morgan fingerprint density at radius 2 is 1.93 bits per heavy atom. The molecule has 0 radical (unpaired) electrons. The van der Waals surface area contributed by atoms with Crippen molar-refractivity contribution in [2.75, 3.05) is 5.32 Å². The van der Waals surface area contributed by atoms with E-state index in [0.29, 0.717) is 12.1 Å². The van der Waals surface area contributed by atoms with Crippen molar-refractivity contribution in [3.05, 3.63) is 33.9 Å². The Labute approximate surface area is 152 Å². The highest BCUT2D eigenvalue weighted by molar-refractivity contribution is 5.86. The van der Waals surface area contributed by atoms with Gasteiger partial charge >= 0.3 is 12.1 Å². The number of hydrogen-bond acceptors (Lipinski definition) is 6. The van der Waals surface area contributed by atoms with Gasteiger partial charge in [0.1, 0.15) is 11.7 Å². The maximum absolute atomic E-state index is 12.7. The Kier molecular flexibility index (Phi) is 5.91. The number of amides is 1. The molecule has 1 aromatic carbocycles. The number of benzene rings is 1. The first-order valence-electron chi connectivity index (χ1n) is 8.12. The summed E-state index contributed by atoms with van der Waals surface area (Å²) in [5.74, 6) is -1.33. The average molecular weight is 389 g/mol. The van der Waals surface area contributed by atoms with Gasteiger partial charge < -0.3 is 15.4 Å². The summed E-state index contributed by atoms with van der Waals surface area (Å²) in [5.41, 5.74) is -2.28. The number of hydrogen-bond donors (Lipinski definition) is 2. The smallest absolute Gasteiger partial charge is 0.416 e. The maximum Gasteiger partial charge on any atom is 0.416 e. The minimum Gasteiger partial charge on any atom is -0.451 e. The topological polar surface area (TPSA) is 111 Å². The van der Waals surface area contributed by atoms with Crippen molar-refractivity contribution < 1.29 is 32.4 Å². The fourth-order valence-corrected chi connectivity index (χ4v) is 2.15. The molecule has 2 N–H and O–H groups in total. The number of nitro benzene ring substituents is 1. The molecule has 0 heterocycles. The van der Waals surface area contributed by atoms with Crippen LogP contribution in [0.1, 0.15) is 32.3 Å². The molecule has 2 rings (SSSR count). The number of nitro groups is 1. The molecule has 0 saturated heterocycles. The van der Waals surface area contributed by atoms with E-state index < -0.39 is 46.4 Å². The number of anilines is 1. The molecule has 1 aliphatic rings. The Morgan fingerprint density at radius 1 is 1.30 bits per heavy atom. The molecular formula is C16H18F3N3O5. The molecule has 1 aliphatic carbocycles. The zero-order valence-corrected chi connectivity index (χ0v) is 14.5. The molecule has 1 fully saturated rings. The standard InChI is InChI=1S/C16H18F3N3O5/c1-8(15(24)27-9(2)14(23)21-11-4-5-11)20-12-6-3-10(16(17,18)19)7-13(12)22(25)26/h3,6-9,11,20H,4-5H2,1-2H3,(H,21,23)/t8-,9+/m0/s1. The predicted molar refractivity (Wildman–Crippen MR) is 87.9 cm³/mol. The van der Waals surface area contributed by atoms with E-state index in [9.17, 15) is 32.9 Å². The van der Waals surface area contributed by atoms with Crippen LogP contribution in [0, 0.1) is 10.1 Å². The highest BCUT2D eigenvalue weighted by atomic mass is 19.4. The van der Waals surface area contributed by atoms with Gasteiger partial charge in [-0.1, -0.05) is 0 Å². The van der Waals surface area contributed by atoms with Crippen molar-refractivity contribution in [3.8, 4) is 0 Å². The van der Waals surface area contributed by atoms with Crippen LogP contribution in [0.25, 0.3) is 0 Å². The molecule has 148 valence electrons. The van der Waals surface area contributed by atoms with E-state index in [1.165, 1.54) is 13.8 Å². The first kappa shape index (κ1) is 20.5. The molecule has 0 bridgehead atoms. The van der Waals surface area contributed by atoms with E-state index in [2.05, 4.69) is 10.6 Å². The third kappa shape index (κ3) is 5.56. The van der Waals surface area contributed by atoms with Crippen LogP contribution in [0.2, 0.25) is 0 Å². The quantitative estimate of drug-likeness (QED) is 0.421. The second kappa shape index (κ2) is 7.80. The van der Waals surface area contributed by atoms with E-state index in [1.54, 1.807) is 0 Å². The lowest BCUT2D eigenvalue weighted by Crippen LogP contribution is -2.40. The molecule has 0 unspecified atom stereocenters. The van der Waals surface area contributed by atoms with Crippen molar-refractivity contribution in [2.45, 2.75) is 51.1 Å². The van der Waals surface area contributed by atoms with Gasteiger partial charge in [-0.05, 0) is 38.8 Å². The molecule has 0 aromatic heterocycles. The van der Waals surface area contributed by atoms with Gasteiger partial charge in [-0.3, -0.25) is 14.9 Å². The summed E-state index contributed by atoms with van der Waals surface area (Å²) in [6.45, 7) is 2.69. The molecule has 27 heavy (non-hydrogen) atoms. The van der Waals surface area contributed by atoms with Crippen LogP contribution in [0.5, 0.6) is 0 Å². The average Bonchev–Trinajstić information content (AvgIpc) is 3.37. The third-order valence-corrected chi connectivity index (χ3v) is 3.83. The van der Waals surface area contributed by atoms with Crippen molar-refractivity contribution in [2.24, 2.45) is 0 Å². The number of ether oxygens (including phenoxy) is 1. The number of nitrogens with one attached hydrogen (secondary N) is 2. The van der Waals surface area contributed by atoms with Crippen molar-refractivity contribution in [3.63, 3.8) is 0 Å². The maximum atomic E-state index is 12.7. The fraction of sp³-hybridized carbons (Fsp3) is 0.500. The molecule has 1 aromatic rings. The molecule has 1 saturated carbocycles. The molecule has 1 amide bonds. The number of carbonyl (C=O) groups is 2. The molecule has 8 nitrogen and oxygen atoms in total.